The molecule has 6 nitrogen and oxygen atoms in total. The highest BCUT2D eigenvalue weighted by Gasteiger charge is 2.32. The van der Waals surface area contributed by atoms with Gasteiger partial charge in [0.1, 0.15) is 11.1 Å². The van der Waals surface area contributed by atoms with E-state index in [4.69, 9.17) is 0 Å². The van der Waals surface area contributed by atoms with E-state index in [9.17, 15) is 18.5 Å². The van der Waals surface area contributed by atoms with Gasteiger partial charge in [-0.3, -0.25) is 9.69 Å². The number of hydrogen-bond acceptors (Lipinski definition) is 6. The van der Waals surface area contributed by atoms with E-state index in [1.54, 1.807) is 0 Å². The Morgan fingerprint density at radius 3 is 2.81 bits per heavy atom. The van der Waals surface area contributed by atoms with Gasteiger partial charge < -0.3 is 5.32 Å². The molecule has 1 fully saturated rings. The number of rotatable bonds is 5. The second-order valence-corrected chi connectivity index (χ2v) is 10.7. The lowest BCUT2D eigenvalue weighted by Crippen LogP contribution is -2.41. The van der Waals surface area contributed by atoms with Crippen LogP contribution in [0.1, 0.15) is 42.7 Å². The fraction of sp³-hybridized carbons (Fsp3) is 0.667. The summed E-state index contributed by atoms with van der Waals surface area (Å²) in [7, 11) is -2.98. The first-order chi connectivity index (χ1) is 12.3. The van der Waals surface area contributed by atoms with Gasteiger partial charge in [-0.05, 0) is 43.7 Å². The predicted octanol–water partition coefficient (Wildman–Crippen LogP) is 2.19. The number of hydrogen-bond donors (Lipinski definition) is 1. The van der Waals surface area contributed by atoms with E-state index in [0.29, 0.717) is 29.4 Å². The van der Waals surface area contributed by atoms with Gasteiger partial charge in [0.25, 0.3) is 0 Å². The first-order valence-corrected chi connectivity index (χ1v) is 11.8. The van der Waals surface area contributed by atoms with E-state index in [1.165, 1.54) is 16.2 Å². The number of carbonyl (C=O) groups excluding carboxylic acids is 1. The van der Waals surface area contributed by atoms with Crippen molar-refractivity contribution in [2.24, 2.45) is 5.92 Å². The molecule has 0 bridgehead atoms. The van der Waals surface area contributed by atoms with Crippen LogP contribution in [0, 0.1) is 17.2 Å². The molecule has 0 saturated carbocycles. The van der Waals surface area contributed by atoms with Gasteiger partial charge in [0, 0.05) is 10.9 Å². The predicted molar refractivity (Wildman–Crippen MR) is 103 cm³/mol. The van der Waals surface area contributed by atoms with Crippen LogP contribution in [-0.2, 0) is 27.5 Å². The Bertz CT molecular complexity index is 839. The zero-order chi connectivity index (χ0) is 18.9. The highest BCUT2D eigenvalue weighted by molar-refractivity contribution is 7.91. The Labute approximate surface area is 159 Å². The summed E-state index contributed by atoms with van der Waals surface area (Å²) in [4.78, 5) is 15.7. The van der Waals surface area contributed by atoms with E-state index in [1.807, 2.05) is 11.8 Å². The second kappa shape index (κ2) is 7.67. The molecule has 0 radical (unpaired) electrons. The molecule has 26 heavy (non-hydrogen) atoms. The molecule has 2 heterocycles. The van der Waals surface area contributed by atoms with E-state index in [2.05, 4.69) is 18.3 Å². The van der Waals surface area contributed by atoms with E-state index >= 15 is 0 Å². The molecule has 1 saturated heterocycles. The summed E-state index contributed by atoms with van der Waals surface area (Å²) in [5.41, 5.74) is 1.71. The maximum Gasteiger partial charge on any atom is 0.239 e. The first-order valence-electron chi connectivity index (χ1n) is 9.12. The quantitative estimate of drug-likeness (QED) is 0.825. The van der Waals surface area contributed by atoms with Gasteiger partial charge in [0.05, 0.1) is 23.6 Å². The lowest BCUT2D eigenvalue weighted by atomic mass is 9.89. The molecule has 0 aromatic carbocycles. The second-order valence-electron chi connectivity index (χ2n) is 7.34. The molecule has 1 N–H and O–H groups in total. The highest BCUT2D eigenvalue weighted by atomic mass is 32.2. The fourth-order valence-electron chi connectivity index (χ4n) is 3.87. The third kappa shape index (κ3) is 4.11. The van der Waals surface area contributed by atoms with Crippen LogP contribution in [0.2, 0.25) is 0 Å². The number of likely N-dealkylation sites (N-methyl/N-ethyl adjacent to an activating group) is 1. The van der Waals surface area contributed by atoms with Crippen molar-refractivity contribution < 1.29 is 13.2 Å². The summed E-state index contributed by atoms with van der Waals surface area (Å²) in [5.74, 6) is 0.753. The SMILES string of the molecule is CCN(CC(=O)Nc1sc2c(c1C#N)CC[C@H](C)C2)[C@@H]1CCS(=O)(=O)C1. The first kappa shape index (κ1) is 19.3. The molecule has 0 spiro atoms. The number of fused-ring (bicyclic) bond motifs is 1. The van der Waals surface area contributed by atoms with Gasteiger partial charge >= 0.3 is 0 Å². The summed E-state index contributed by atoms with van der Waals surface area (Å²) in [6.45, 7) is 4.92. The minimum atomic E-state index is -2.98. The van der Waals surface area contributed by atoms with Gasteiger partial charge in [0.2, 0.25) is 5.91 Å². The van der Waals surface area contributed by atoms with Crippen molar-refractivity contribution in [3.63, 3.8) is 0 Å². The number of thiophene rings is 1. The Morgan fingerprint density at radius 2 is 2.19 bits per heavy atom. The number of nitrogens with zero attached hydrogens (tertiary/aromatic N) is 2. The van der Waals surface area contributed by atoms with Crippen LogP contribution in [0.25, 0.3) is 0 Å². The van der Waals surface area contributed by atoms with E-state index in [-0.39, 0.29) is 30.0 Å². The Kier molecular flexibility index (Phi) is 5.70. The molecule has 1 aromatic heterocycles. The van der Waals surface area contributed by atoms with Crippen molar-refractivity contribution in [1.82, 2.24) is 4.90 Å². The average molecular weight is 396 g/mol. The summed E-state index contributed by atoms with van der Waals surface area (Å²) >= 11 is 1.52. The van der Waals surface area contributed by atoms with Crippen LogP contribution in [0.4, 0.5) is 5.00 Å². The molecule has 142 valence electrons. The zero-order valence-corrected chi connectivity index (χ0v) is 16.9. The summed E-state index contributed by atoms with van der Waals surface area (Å²) in [5, 5.41) is 13.1. The highest BCUT2D eigenvalue weighted by Crippen LogP contribution is 2.39. The maximum atomic E-state index is 12.5. The molecule has 1 aliphatic heterocycles. The molecule has 1 aromatic rings. The largest absolute Gasteiger partial charge is 0.315 e. The number of nitrogens with one attached hydrogen (secondary N) is 1. The van der Waals surface area contributed by atoms with Crippen LogP contribution in [-0.4, -0.2) is 49.9 Å². The van der Waals surface area contributed by atoms with Crippen molar-refractivity contribution in [1.29, 1.82) is 5.26 Å². The minimum absolute atomic E-state index is 0.0939. The Morgan fingerprint density at radius 1 is 1.42 bits per heavy atom. The number of sulfone groups is 1. The van der Waals surface area contributed by atoms with Gasteiger partial charge in [-0.1, -0.05) is 13.8 Å². The van der Waals surface area contributed by atoms with Crippen molar-refractivity contribution in [2.45, 2.75) is 45.6 Å². The van der Waals surface area contributed by atoms with Crippen molar-refractivity contribution >= 4 is 32.1 Å². The Hall–Kier alpha value is -1.43. The van der Waals surface area contributed by atoms with Crippen LogP contribution < -0.4 is 5.32 Å². The molecule has 0 unspecified atom stereocenters. The number of anilines is 1. The number of carbonyl (C=O) groups is 1. The van der Waals surface area contributed by atoms with Crippen LogP contribution in [0.15, 0.2) is 0 Å². The molecule has 2 aliphatic rings. The lowest BCUT2D eigenvalue weighted by Gasteiger charge is -2.25. The molecule has 2 atom stereocenters. The topological polar surface area (TPSA) is 90.3 Å². The molecular formula is C18H25N3O3S2. The smallest absolute Gasteiger partial charge is 0.239 e. The van der Waals surface area contributed by atoms with Gasteiger partial charge in [-0.2, -0.15) is 5.26 Å². The minimum Gasteiger partial charge on any atom is -0.315 e. The van der Waals surface area contributed by atoms with Crippen LogP contribution >= 0.6 is 11.3 Å². The Balaban J connectivity index is 1.69. The molecular weight excluding hydrogens is 370 g/mol. The van der Waals surface area contributed by atoms with Crippen molar-refractivity contribution in [3.05, 3.63) is 16.0 Å². The third-order valence-electron chi connectivity index (χ3n) is 5.35. The summed E-state index contributed by atoms with van der Waals surface area (Å²) in [6, 6.07) is 2.17. The molecule has 8 heteroatoms. The maximum absolute atomic E-state index is 12.5. The zero-order valence-electron chi connectivity index (χ0n) is 15.2. The van der Waals surface area contributed by atoms with Crippen LogP contribution in [0.3, 0.4) is 0 Å². The van der Waals surface area contributed by atoms with Crippen LogP contribution in [0.5, 0.6) is 0 Å². The van der Waals surface area contributed by atoms with E-state index < -0.39 is 9.84 Å². The normalized spacial score (nSPS) is 24.2. The lowest BCUT2D eigenvalue weighted by molar-refractivity contribution is -0.117. The number of nitriles is 1. The third-order valence-corrected chi connectivity index (χ3v) is 8.27. The summed E-state index contributed by atoms with van der Waals surface area (Å²) in [6.07, 6.45) is 3.52. The summed E-state index contributed by atoms with van der Waals surface area (Å²) < 4.78 is 23.4. The van der Waals surface area contributed by atoms with Gasteiger partial charge in [-0.25, -0.2) is 8.42 Å². The van der Waals surface area contributed by atoms with Gasteiger partial charge in [-0.15, -0.1) is 11.3 Å². The van der Waals surface area contributed by atoms with Gasteiger partial charge in [0.15, 0.2) is 9.84 Å². The average Bonchev–Trinajstić information content (AvgIpc) is 3.11. The van der Waals surface area contributed by atoms with E-state index in [0.717, 1.165) is 24.8 Å². The standard InChI is InChI=1S/C18H25N3O3S2/c1-3-21(13-6-7-26(23,24)11-13)10-17(22)20-18-15(9-19)14-5-4-12(2)8-16(14)25-18/h12-13H,3-8,10-11H2,1-2H3,(H,20,22)/t12-,13+/m0/s1. The fourth-order valence-corrected chi connectivity index (χ4v) is 7.01. The molecule has 1 amide bonds. The molecule has 1 aliphatic carbocycles. The number of amides is 1. The van der Waals surface area contributed by atoms with Crippen molar-refractivity contribution in [3.8, 4) is 6.07 Å². The molecule has 3 rings (SSSR count). The monoisotopic (exact) mass is 395 g/mol. The van der Waals surface area contributed by atoms with Crippen molar-refractivity contribution in [2.75, 3.05) is 29.9 Å².